The highest BCUT2D eigenvalue weighted by molar-refractivity contribution is 5.75. The second kappa shape index (κ2) is 3.70. The topological polar surface area (TPSA) is 30.8 Å². The van der Waals surface area contributed by atoms with Crippen LogP contribution in [-0.2, 0) is 4.74 Å². The molecule has 0 unspecified atom stereocenters. The Balaban J connectivity index is 2.17. The second-order valence-corrected chi connectivity index (χ2v) is 3.25. The van der Waals surface area contributed by atoms with Crippen molar-refractivity contribution in [1.29, 1.82) is 0 Å². The Bertz CT molecular complexity index is 343. The van der Waals surface area contributed by atoms with Crippen molar-refractivity contribution in [3.05, 3.63) is 29.8 Å². The van der Waals surface area contributed by atoms with Crippen LogP contribution in [-0.4, -0.2) is 19.6 Å². The van der Waals surface area contributed by atoms with E-state index in [9.17, 15) is 0 Å². The fourth-order valence-electron chi connectivity index (χ4n) is 1.49. The van der Waals surface area contributed by atoms with E-state index in [0.29, 0.717) is 6.61 Å². The highest BCUT2D eigenvalue weighted by Crippen LogP contribution is 2.24. The normalized spacial score (nSPS) is 20.1. The molecule has 1 aromatic rings. The number of ether oxygens (including phenoxy) is 2. The Morgan fingerprint density at radius 3 is 2.57 bits per heavy atom. The average Bonchev–Trinajstić information content (AvgIpc) is 2.65. The lowest BCUT2D eigenvalue weighted by atomic mass is 10.1. The van der Waals surface area contributed by atoms with Crippen LogP contribution < -0.4 is 4.74 Å². The number of nitrogens with zero attached hydrogens (tertiary/aromatic N) is 1. The first-order valence-corrected chi connectivity index (χ1v) is 4.61. The maximum absolute atomic E-state index is 5.30. The maximum Gasteiger partial charge on any atom is 0.180 e. The fraction of sp³-hybridized carbons (Fsp3) is 0.364. The van der Waals surface area contributed by atoms with Gasteiger partial charge in [-0.15, -0.1) is 0 Å². The van der Waals surface area contributed by atoms with Crippen molar-refractivity contribution in [2.75, 3.05) is 13.7 Å². The SMILES string of the molecule is COc1ccc([C@H]2COC(C)=N2)cc1. The molecule has 74 valence electrons. The average molecular weight is 191 g/mol. The molecule has 1 aliphatic rings. The van der Waals surface area contributed by atoms with Crippen molar-refractivity contribution in [3.63, 3.8) is 0 Å². The van der Waals surface area contributed by atoms with Gasteiger partial charge in [0.25, 0.3) is 0 Å². The van der Waals surface area contributed by atoms with Gasteiger partial charge in [-0.1, -0.05) is 12.1 Å². The molecule has 0 spiro atoms. The molecular weight excluding hydrogens is 178 g/mol. The molecule has 0 saturated heterocycles. The van der Waals surface area contributed by atoms with E-state index in [2.05, 4.69) is 4.99 Å². The lowest BCUT2D eigenvalue weighted by molar-refractivity contribution is 0.317. The monoisotopic (exact) mass is 191 g/mol. The number of methoxy groups -OCH3 is 1. The van der Waals surface area contributed by atoms with Gasteiger partial charge in [-0.3, -0.25) is 0 Å². The zero-order valence-corrected chi connectivity index (χ0v) is 8.36. The molecule has 3 nitrogen and oxygen atoms in total. The molecule has 0 bridgehead atoms. The summed E-state index contributed by atoms with van der Waals surface area (Å²) in [6, 6.07) is 8.09. The summed E-state index contributed by atoms with van der Waals surface area (Å²) < 4.78 is 10.4. The number of hydrogen-bond donors (Lipinski definition) is 0. The van der Waals surface area contributed by atoms with Crippen molar-refractivity contribution in [1.82, 2.24) is 0 Å². The molecule has 1 aromatic carbocycles. The maximum atomic E-state index is 5.30. The zero-order chi connectivity index (χ0) is 9.97. The minimum absolute atomic E-state index is 0.154. The van der Waals surface area contributed by atoms with Gasteiger partial charge in [-0.05, 0) is 17.7 Å². The smallest absolute Gasteiger partial charge is 0.180 e. The Morgan fingerprint density at radius 1 is 1.36 bits per heavy atom. The second-order valence-electron chi connectivity index (χ2n) is 3.25. The number of aliphatic imine (C=N–C) groups is 1. The summed E-state index contributed by atoms with van der Waals surface area (Å²) >= 11 is 0. The van der Waals surface area contributed by atoms with Crippen LogP contribution in [0.25, 0.3) is 0 Å². The van der Waals surface area contributed by atoms with Crippen molar-refractivity contribution in [2.24, 2.45) is 4.99 Å². The molecule has 0 aromatic heterocycles. The Morgan fingerprint density at radius 2 is 2.07 bits per heavy atom. The summed E-state index contributed by atoms with van der Waals surface area (Å²) in [6.07, 6.45) is 0. The first-order chi connectivity index (χ1) is 6.79. The summed E-state index contributed by atoms with van der Waals surface area (Å²) in [4.78, 5) is 4.37. The first kappa shape index (κ1) is 9.06. The van der Waals surface area contributed by atoms with E-state index in [1.54, 1.807) is 7.11 Å². The third-order valence-corrected chi connectivity index (χ3v) is 2.29. The van der Waals surface area contributed by atoms with Gasteiger partial charge >= 0.3 is 0 Å². The molecular formula is C11H13NO2. The van der Waals surface area contributed by atoms with Crippen molar-refractivity contribution in [2.45, 2.75) is 13.0 Å². The summed E-state index contributed by atoms with van der Waals surface area (Å²) in [6.45, 7) is 2.53. The first-order valence-electron chi connectivity index (χ1n) is 4.61. The molecule has 0 radical (unpaired) electrons. The molecule has 14 heavy (non-hydrogen) atoms. The van der Waals surface area contributed by atoms with Crippen LogP contribution in [0.1, 0.15) is 18.5 Å². The van der Waals surface area contributed by atoms with Gasteiger partial charge in [0.05, 0.1) is 7.11 Å². The molecule has 0 fully saturated rings. The molecule has 0 aliphatic carbocycles. The molecule has 0 amide bonds. The van der Waals surface area contributed by atoms with Gasteiger partial charge in [-0.25, -0.2) is 4.99 Å². The van der Waals surface area contributed by atoms with Crippen molar-refractivity contribution in [3.8, 4) is 5.75 Å². The molecule has 0 N–H and O–H groups in total. The van der Waals surface area contributed by atoms with E-state index in [1.807, 2.05) is 31.2 Å². The van der Waals surface area contributed by atoms with Gasteiger partial charge < -0.3 is 9.47 Å². The van der Waals surface area contributed by atoms with E-state index < -0.39 is 0 Å². The Kier molecular flexibility index (Phi) is 2.39. The minimum Gasteiger partial charge on any atom is -0.497 e. The van der Waals surface area contributed by atoms with Crippen molar-refractivity contribution >= 4 is 5.90 Å². The lowest BCUT2D eigenvalue weighted by Gasteiger charge is -2.06. The number of benzene rings is 1. The van der Waals surface area contributed by atoms with E-state index in [4.69, 9.17) is 9.47 Å². The highest BCUT2D eigenvalue weighted by atomic mass is 16.5. The number of rotatable bonds is 2. The molecule has 1 heterocycles. The summed E-state index contributed by atoms with van der Waals surface area (Å²) in [5.74, 6) is 1.64. The molecule has 3 heteroatoms. The summed E-state index contributed by atoms with van der Waals surface area (Å²) in [7, 11) is 1.66. The standard InChI is InChI=1S/C11H13NO2/c1-8-12-11(7-14-8)9-3-5-10(13-2)6-4-9/h3-6,11H,7H2,1-2H3/t11-/m1/s1. The van der Waals surface area contributed by atoms with E-state index >= 15 is 0 Å². The zero-order valence-electron chi connectivity index (χ0n) is 8.36. The van der Waals surface area contributed by atoms with E-state index in [0.717, 1.165) is 11.6 Å². The van der Waals surface area contributed by atoms with Crippen LogP contribution in [0.15, 0.2) is 29.3 Å². The van der Waals surface area contributed by atoms with Crippen LogP contribution in [0.5, 0.6) is 5.75 Å². The van der Waals surface area contributed by atoms with Gasteiger partial charge in [0.2, 0.25) is 0 Å². The Labute approximate surface area is 83.4 Å². The molecule has 2 rings (SSSR count). The van der Waals surface area contributed by atoms with Crippen LogP contribution in [0.3, 0.4) is 0 Å². The van der Waals surface area contributed by atoms with Gasteiger partial charge in [-0.2, -0.15) is 0 Å². The van der Waals surface area contributed by atoms with E-state index in [-0.39, 0.29) is 6.04 Å². The third-order valence-electron chi connectivity index (χ3n) is 2.29. The van der Waals surface area contributed by atoms with Crippen molar-refractivity contribution < 1.29 is 9.47 Å². The highest BCUT2D eigenvalue weighted by Gasteiger charge is 2.17. The van der Waals surface area contributed by atoms with Crippen LogP contribution in [0, 0.1) is 0 Å². The fourth-order valence-corrected chi connectivity index (χ4v) is 1.49. The van der Waals surface area contributed by atoms with Gasteiger partial charge in [0, 0.05) is 6.92 Å². The lowest BCUT2D eigenvalue weighted by Crippen LogP contribution is -1.97. The van der Waals surface area contributed by atoms with Crippen LogP contribution in [0.4, 0.5) is 0 Å². The Hall–Kier alpha value is -1.51. The molecule has 1 aliphatic heterocycles. The largest absolute Gasteiger partial charge is 0.497 e. The third kappa shape index (κ3) is 1.71. The predicted molar refractivity (Wildman–Crippen MR) is 54.8 cm³/mol. The molecule has 1 atom stereocenters. The van der Waals surface area contributed by atoms with Crippen LogP contribution in [0.2, 0.25) is 0 Å². The van der Waals surface area contributed by atoms with Crippen LogP contribution >= 0.6 is 0 Å². The summed E-state index contributed by atoms with van der Waals surface area (Å²) in [5.41, 5.74) is 1.17. The molecule has 0 saturated carbocycles. The predicted octanol–water partition coefficient (Wildman–Crippen LogP) is 2.18. The number of hydrogen-bond acceptors (Lipinski definition) is 3. The van der Waals surface area contributed by atoms with Gasteiger partial charge in [0.1, 0.15) is 18.4 Å². The summed E-state index contributed by atoms with van der Waals surface area (Å²) in [5, 5.41) is 0. The quantitative estimate of drug-likeness (QED) is 0.717. The minimum atomic E-state index is 0.154. The van der Waals surface area contributed by atoms with E-state index in [1.165, 1.54) is 5.56 Å². The van der Waals surface area contributed by atoms with Gasteiger partial charge in [0.15, 0.2) is 5.90 Å².